The minimum absolute atomic E-state index is 0.0572. The van der Waals surface area contributed by atoms with Crippen LogP contribution in [0.1, 0.15) is 29.9 Å². The van der Waals surface area contributed by atoms with Crippen LogP contribution < -0.4 is 14.8 Å². The summed E-state index contributed by atoms with van der Waals surface area (Å²) in [6.07, 6.45) is -0.159. The van der Waals surface area contributed by atoms with Crippen LogP contribution in [0, 0.1) is 5.82 Å². The van der Waals surface area contributed by atoms with Crippen LogP contribution in [0.5, 0.6) is 5.75 Å². The summed E-state index contributed by atoms with van der Waals surface area (Å²) in [5, 5.41) is 12.9. The van der Waals surface area contributed by atoms with Gasteiger partial charge in [-0.1, -0.05) is 30.3 Å². The molecule has 10 heteroatoms. The van der Waals surface area contributed by atoms with Gasteiger partial charge in [-0.3, -0.25) is 9.52 Å². The predicted octanol–water partition coefficient (Wildman–Crippen LogP) is 3.37. The van der Waals surface area contributed by atoms with Crippen LogP contribution in [-0.4, -0.2) is 50.9 Å². The number of carbonyl (C=O) groups excluding carboxylic acids is 1. The molecule has 2 aliphatic heterocycles. The fraction of sp³-hybridized carbons (Fsp3) is 0.321. The summed E-state index contributed by atoms with van der Waals surface area (Å²) in [7, 11) is -3.92. The Morgan fingerprint density at radius 1 is 1.05 bits per heavy atom. The average Bonchev–Trinajstić information content (AvgIpc) is 3.27. The molecule has 1 fully saturated rings. The van der Waals surface area contributed by atoms with Crippen molar-refractivity contribution < 1.29 is 32.2 Å². The Balaban J connectivity index is 1.26. The molecule has 0 saturated carbocycles. The molecule has 1 saturated heterocycles. The zero-order valence-corrected chi connectivity index (χ0v) is 21.4. The molecular weight excluding hydrogens is 511 g/mol. The lowest BCUT2D eigenvalue weighted by Gasteiger charge is -2.37. The molecular formula is C28H29FN2O6S. The number of anilines is 1. The first kappa shape index (κ1) is 26.1. The SMILES string of the molecule is O=C(C[C@@H]1C[C@@H]2c3cc(NS(=O)(=O)c4ccc(F)cc4)ccc3O[C@@H]2[C@H](CO)O1)NCCc1ccccc1. The number of aliphatic hydroxyl groups excluding tert-OH is 1. The number of carbonyl (C=O) groups is 1. The lowest BCUT2D eigenvalue weighted by Crippen LogP contribution is -2.47. The van der Waals surface area contributed by atoms with Gasteiger partial charge in [0.2, 0.25) is 5.91 Å². The summed E-state index contributed by atoms with van der Waals surface area (Å²) >= 11 is 0. The Labute approximate surface area is 220 Å². The van der Waals surface area contributed by atoms with Gasteiger partial charge in [0.25, 0.3) is 10.0 Å². The van der Waals surface area contributed by atoms with Crippen LogP contribution in [0.25, 0.3) is 0 Å². The van der Waals surface area contributed by atoms with E-state index in [-0.39, 0.29) is 29.7 Å². The van der Waals surface area contributed by atoms with Crippen molar-refractivity contribution in [1.29, 1.82) is 0 Å². The minimum Gasteiger partial charge on any atom is -0.487 e. The highest BCUT2D eigenvalue weighted by molar-refractivity contribution is 7.92. The lowest BCUT2D eigenvalue weighted by atomic mass is 9.84. The fourth-order valence-corrected chi connectivity index (χ4v) is 6.10. The van der Waals surface area contributed by atoms with E-state index in [1.165, 1.54) is 12.1 Å². The second-order valence-corrected chi connectivity index (χ2v) is 11.2. The third kappa shape index (κ3) is 5.82. The summed E-state index contributed by atoms with van der Waals surface area (Å²) in [5.74, 6) is -0.267. The number of ether oxygens (including phenoxy) is 2. The van der Waals surface area contributed by atoms with Crippen LogP contribution in [0.4, 0.5) is 10.1 Å². The third-order valence-corrected chi connectivity index (χ3v) is 8.26. The van der Waals surface area contributed by atoms with Crippen LogP contribution in [0.2, 0.25) is 0 Å². The van der Waals surface area contributed by atoms with Crippen molar-refractivity contribution in [2.24, 2.45) is 0 Å². The van der Waals surface area contributed by atoms with E-state index in [0.29, 0.717) is 24.4 Å². The van der Waals surface area contributed by atoms with Crippen molar-refractivity contribution in [3.05, 3.63) is 89.7 Å². The van der Waals surface area contributed by atoms with E-state index >= 15 is 0 Å². The van der Waals surface area contributed by atoms with E-state index in [1.807, 2.05) is 30.3 Å². The van der Waals surface area contributed by atoms with Crippen molar-refractivity contribution in [2.75, 3.05) is 17.9 Å². The van der Waals surface area contributed by atoms with Crippen molar-refractivity contribution in [2.45, 2.75) is 48.4 Å². The number of hydrogen-bond donors (Lipinski definition) is 3. The van der Waals surface area contributed by atoms with Crippen LogP contribution >= 0.6 is 0 Å². The maximum atomic E-state index is 13.2. The summed E-state index contributed by atoms with van der Waals surface area (Å²) < 4.78 is 53.4. The second-order valence-electron chi connectivity index (χ2n) is 9.51. The first-order chi connectivity index (χ1) is 18.3. The number of hydrogen-bond acceptors (Lipinski definition) is 6. The number of amides is 1. The molecule has 38 heavy (non-hydrogen) atoms. The molecule has 3 N–H and O–H groups in total. The smallest absolute Gasteiger partial charge is 0.261 e. The van der Waals surface area contributed by atoms with Gasteiger partial charge in [-0.05, 0) is 60.9 Å². The molecule has 5 rings (SSSR count). The van der Waals surface area contributed by atoms with E-state index in [0.717, 1.165) is 29.7 Å². The number of halogens is 1. The zero-order chi connectivity index (χ0) is 26.7. The van der Waals surface area contributed by atoms with Gasteiger partial charge in [0.15, 0.2) is 0 Å². The second kappa shape index (κ2) is 11.1. The fourth-order valence-electron chi connectivity index (χ4n) is 5.05. The molecule has 8 nitrogen and oxygen atoms in total. The molecule has 0 aromatic heterocycles. The van der Waals surface area contributed by atoms with Crippen LogP contribution in [0.3, 0.4) is 0 Å². The van der Waals surface area contributed by atoms with Gasteiger partial charge in [-0.15, -0.1) is 0 Å². The molecule has 3 aromatic carbocycles. The molecule has 1 amide bonds. The van der Waals surface area contributed by atoms with E-state index in [1.54, 1.807) is 18.2 Å². The molecule has 0 bridgehead atoms. The van der Waals surface area contributed by atoms with Crippen LogP contribution in [0.15, 0.2) is 77.7 Å². The van der Waals surface area contributed by atoms with Gasteiger partial charge in [-0.25, -0.2) is 12.8 Å². The molecule has 2 heterocycles. The number of rotatable bonds is 9. The number of aliphatic hydroxyl groups is 1. The number of benzene rings is 3. The standard InChI is InChI=1S/C28H29FN2O6S/c29-19-6-9-22(10-7-19)38(34,35)31-20-8-11-25-23(14-20)24-15-21(36-26(17-32)28(24)37-25)16-27(33)30-13-12-18-4-2-1-3-5-18/h1-11,14,21,24,26,28,31-32H,12-13,15-17H2,(H,30,33)/t21-,24+,26-,28-/m0/s1. The van der Waals surface area contributed by atoms with E-state index < -0.39 is 34.2 Å². The normalized spacial score (nSPS) is 22.2. The largest absolute Gasteiger partial charge is 0.487 e. The van der Waals surface area contributed by atoms with E-state index in [4.69, 9.17) is 9.47 Å². The average molecular weight is 541 g/mol. The quantitative estimate of drug-likeness (QED) is 0.384. The van der Waals surface area contributed by atoms with Gasteiger partial charge < -0.3 is 19.9 Å². The lowest BCUT2D eigenvalue weighted by molar-refractivity contribution is -0.142. The highest BCUT2D eigenvalue weighted by atomic mass is 32.2. The molecule has 3 aromatic rings. The Bertz CT molecular complexity index is 1380. The Morgan fingerprint density at radius 2 is 1.82 bits per heavy atom. The van der Waals surface area contributed by atoms with E-state index in [2.05, 4.69) is 10.0 Å². The van der Waals surface area contributed by atoms with Gasteiger partial charge in [0.1, 0.15) is 23.8 Å². The topological polar surface area (TPSA) is 114 Å². The van der Waals surface area contributed by atoms with Crippen molar-refractivity contribution in [3.8, 4) is 5.75 Å². The maximum absolute atomic E-state index is 13.2. The highest BCUT2D eigenvalue weighted by Gasteiger charge is 2.46. The van der Waals surface area contributed by atoms with Gasteiger partial charge in [-0.2, -0.15) is 0 Å². The maximum Gasteiger partial charge on any atom is 0.261 e. The monoisotopic (exact) mass is 540 g/mol. The number of fused-ring (bicyclic) bond motifs is 3. The Hall–Kier alpha value is -3.47. The summed E-state index contributed by atoms with van der Waals surface area (Å²) in [6, 6.07) is 19.4. The molecule has 4 atom stereocenters. The van der Waals surface area contributed by atoms with Gasteiger partial charge >= 0.3 is 0 Å². The molecule has 2 aliphatic rings. The minimum atomic E-state index is -3.92. The van der Waals surface area contributed by atoms with Gasteiger partial charge in [0, 0.05) is 23.7 Å². The molecule has 0 unspecified atom stereocenters. The molecule has 0 spiro atoms. The zero-order valence-electron chi connectivity index (χ0n) is 20.5. The van der Waals surface area contributed by atoms with Gasteiger partial charge in [0.05, 0.1) is 24.0 Å². The molecule has 0 radical (unpaired) electrons. The predicted molar refractivity (Wildman–Crippen MR) is 139 cm³/mol. The number of nitrogens with one attached hydrogen (secondary N) is 2. The van der Waals surface area contributed by atoms with Crippen LogP contribution in [-0.2, 0) is 26.0 Å². The van der Waals surface area contributed by atoms with Crippen molar-refractivity contribution in [3.63, 3.8) is 0 Å². The Morgan fingerprint density at radius 3 is 2.55 bits per heavy atom. The Kier molecular flexibility index (Phi) is 7.64. The summed E-state index contributed by atoms with van der Waals surface area (Å²) in [5.41, 5.74) is 2.25. The third-order valence-electron chi connectivity index (χ3n) is 6.87. The summed E-state index contributed by atoms with van der Waals surface area (Å²) in [4.78, 5) is 12.6. The first-order valence-electron chi connectivity index (χ1n) is 12.5. The summed E-state index contributed by atoms with van der Waals surface area (Å²) in [6.45, 7) is 0.236. The van der Waals surface area contributed by atoms with Crippen molar-refractivity contribution >= 4 is 21.6 Å². The van der Waals surface area contributed by atoms with E-state index in [9.17, 15) is 22.7 Å². The molecule has 0 aliphatic carbocycles. The van der Waals surface area contributed by atoms with Crippen molar-refractivity contribution in [1.82, 2.24) is 5.32 Å². The number of sulfonamides is 1. The highest BCUT2D eigenvalue weighted by Crippen LogP contribution is 2.47. The molecule has 200 valence electrons. The first-order valence-corrected chi connectivity index (χ1v) is 14.0.